The number of rotatable bonds is 4. The molecule has 30 heavy (non-hydrogen) atoms. The minimum absolute atomic E-state index is 0.182. The molecule has 0 aliphatic carbocycles. The van der Waals surface area contributed by atoms with Crippen LogP contribution >= 0.6 is 0 Å². The van der Waals surface area contributed by atoms with Crippen molar-refractivity contribution in [1.29, 1.82) is 5.26 Å². The summed E-state index contributed by atoms with van der Waals surface area (Å²) in [7, 11) is 0. The Morgan fingerprint density at radius 1 is 1.17 bits per heavy atom. The van der Waals surface area contributed by atoms with Crippen LogP contribution in [0.2, 0.25) is 0 Å². The summed E-state index contributed by atoms with van der Waals surface area (Å²) >= 11 is 0. The van der Waals surface area contributed by atoms with Crippen LogP contribution in [0.4, 0.5) is 5.69 Å². The fourth-order valence-electron chi connectivity index (χ4n) is 5.55. The molecule has 3 aliphatic rings. The van der Waals surface area contributed by atoms with E-state index in [4.69, 9.17) is 4.74 Å². The van der Waals surface area contributed by atoms with E-state index >= 15 is 0 Å². The van der Waals surface area contributed by atoms with E-state index in [1.807, 2.05) is 12.1 Å². The first-order valence-electron chi connectivity index (χ1n) is 11.3. The predicted molar refractivity (Wildman–Crippen MR) is 119 cm³/mol. The van der Waals surface area contributed by atoms with Gasteiger partial charge in [0.15, 0.2) is 0 Å². The number of nitriles is 1. The van der Waals surface area contributed by atoms with Crippen molar-refractivity contribution in [2.24, 2.45) is 0 Å². The van der Waals surface area contributed by atoms with Gasteiger partial charge in [-0.2, -0.15) is 5.26 Å². The van der Waals surface area contributed by atoms with Crippen LogP contribution in [0.25, 0.3) is 10.9 Å². The van der Waals surface area contributed by atoms with Crippen molar-refractivity contribution in [2.75, 3.05) is 44.2 Å². The summed E-state index contributed by atoms with van der Waals surface area (Å²) in [5, 5.41) is 10.5. The minimum Gasteiger partial charge on any atom is -0.370 e. The highest BCUT2D eigenvalue weighted by atomic mass is 16.5. The molecule has 0 spiro atoms. The number of pyridine rings is 1. The third-order valence-corrected chi connectivity index (χ3v) is 7.01. The lowest BCUT2D eigenvalue weighted by atomic mass is 10.0. The van der Waals surface area contributed by atoms with Crippen LogP contribution in [0.3, 0.4) is 0 Å². The summed E-state index contributed by atoms with van der Waals surface area (Å²) in [5.74, 6) is 0. The molecule has 3 fully saturated rings. The number of benzene rings is 1. The summed E-state index contributed by atoms with van der Waals surface area (Å²) in [6.07, 6.45) is 4.85. The second-order valence-corrected chi connectivity index (χ2v) is 9.22. The Kier molecular flexibility index (Phi) is 5.36. The summed E-state index contributed by atoms with van der Waals surface area (Å²) in [5.41, 5.74) is 2.58. The number of anilines is 1. The molecule has 158 valence electrons. The van der Waals surface area contributed by atoms with Gasteiger partial charge < -0.3 is 9.64 Å². The van der Waals surface area contributed by atoms with Gasteiger partial charge in [-0.05, 0) is 57.5 Å². The quantitative estimate of drug-likeness (QED) is 0.780. The maximum atomic E-state index is 9.44. The van der Waals surface area contributed by atoms with E-state index in [9.17, 15) is 5.26 Å². The first-order chi connectivity index (χ1) is 14.6. The number of aromatic nitrogens is 1. The number of hydrogen-bond acceptors (Lipinski definition) is 6. The maximum absolute atomic E-state index is 9.44. The van der Waals surface area contributed by atoms with Crippen molar-refractivity contribution < 1.29 is 4.74 Å². The van der Waals surface area contributed by atoms with Crippen molar-refractivity contribution in [1.82, 2.24) is 14.8 Å². The SMILES string of the molecule is C[C@@H]1CN(c2ccc(C#N)c3ncccc23)C[C@@H](CN2CC(N3CCC[C@@H]3C)C2)O1. The molecule has 1 aromatic heterocycles. The fourth-order valence-corrected chi connectivity index (χ4v) is 5.55. The lowest BCUT2D eigenvalue weighted by Gasteiger charge is -2.48. The van der Waals surface area contributed by atoms with Gasteiger partial charge in [0.05, 0.1) is 23.3 Å². The normalized spacial score (nSPS) is 28.6. The van der Waals surface area contributed by atoms with Crippen LogP contribution in [-0.2, 0) is 4.74 Å². The zero-order valence-corrected chi connectivity index (χ0v) is 18.0. The minimum atomic E-state index is 0.182. The standard InChI is InChI=1S/C24H31N5O/c1-17-5-4-10-29(17)20-13-27(14-20)15-21-16-28(12-18(2)30-21)23-8-7-19(11-25)24-22(23)6-3-9-26-24/h3,6-9,17-18,20-21H,4-5,10,12-16H2,1-2H3/t17-,18+,21+/m0/s1. The van der Waals surface area contributed by atoms with Gasteiger partial charge >= 0.3 is 0 Å². The van der Waals surface area contributed by atoms with Crippen molar-refractivity contribution in [2.45, 2.75) is 51.0 Å². The average molecular weight is 406 g/mol. The first-order valence-corrected chi connectivity index (χ1v) is 11.3. The largest absolute Gasteiger partial charge is 0.370 e. The topological polar surface area (TPSA) is 55.6 Å². The maximum Gasteiger partial charge on any atom is 0.101 e. The molecule has 0 unspecified atom stereocenters. The Morgan fingerprint density at radius 2 is 2.03 bits per heavy atom. The summed E-state index contributed by atoms with van der Waals surface area (Å²) in [6, 6.07) is 11.8. The molecule has 1 aromatic carbocycles. The van der Waals surface area contributed by atoms with Crippen LogP contribution in [-0.4, -0.2) is 78.3 Å². The molecule has 6 nitrogen and oxygen atoms in total. The molecule has 0 amide bonds. The number of nitrogens with zero attached hydrogens (tertiary/aromatic N) is 5. The lowest BCUT2D eigenvalue weighted by molar-refractivity contribution is -0.0579. The second kappa shape index (κ2) is 8.14. The highest BCUT2D eigenvalue weighted by Gasteiger charge is 2.38. The molecule has 0 bridgehead atoms. The molecule has 0 saturated carbocycles. The van der Waals surface area contributed by atoms with Gasteiger partial charge in [-0.15, -0.1) is 0 Å². The third kappa shape index (κ3) is 3.66. The van der Waals surface area contributed by atoms with Crippen molar-refractivity contribution >= 4 is 16.6 Å². The molecular weight excluding hydrogens is 374 g/mol. The zero-order chi connectivity index (χ0) is 20.7. The molecule has 3 aliphatic heterocycles. The molecule has 0 N–H and O–H groups in total. The van der Waals surface area contributed by atoms with Gasteiger partial charge in [-0.1, -0.05) is 0 Å². The van der Waals surface area contributed by atoms with Crippen molar-refractivity contribution in [3.05, 3.63) is 36.0 Å². The van der Waals surface area contributed by atoms with Gasteiger partial charge in [0.2, 0.25) is 0 Å². The van der Waals surface area contributed by atoms with Crippen LogP contribution in [0.15, 0.2) is 30.5 Å². The Bertz CT molecular complexity index is 950. The number of morpholine rings is 1. The van der Waals surface area contributed by atoms with Gasteiger partial charge in [0, 0.05) is 62.1 Å². The van der Waals surface area contributed by atoms with E-state index in [0.717, 1.165) is 48.3 Å². The molecule has 4 heterocycles. The Labute approximate surface area is 179 Å². The van der Waals surface area contributed by atoms with Crippen LogP contribution in [0, 0.1) is 11.3 Å². The lowest BCUT2D eigenvalue weighted by Crippen LogP contribution is -2.62. The fraction of sp³-hybridized carbons (Fsp3) is 0.583. The number of likely N-dealkylation sites (tertiary alicyclic amines) is 2. The van der Waals surface area contributed by atoms with Crippen LogP contribution in [0.5, 0.6) is 0 Å². The molecule has 2 aromatic rings. The van der Waals surface area contributed by atoms with Crippen molar-refractivity contribution in [3.8, 4) is 6.07 Å². The zero-order valence-electron chi connectivity index (χ0n) is 18.0. The third-order valence-electron chi connectivity index (χ3n) is 7.01. The molecule has 5 rings (SSSR count). The number of ether oxygens (including phenoxy) is 1. The molecule has 0 radical (unpaired) electrons. The summed E-state index contributed by atoms with van der Waals surface area (Å²) in [6.45, 7) is 10.9. The van der Waals surface area contributed by atoms with Gasteiger partial charge in [0.25, 0.3) is 0 Å². The van der Waals surface area contributed by atoms with E-state index in [1.165, 1.54) is 32.5 Å². The summed E-state index contributed by atoms with van der Waals surface area (Å²) < 4.78 is 6.32. The molecule has 6 heteroatoms. The monoisotopic (exact) mass is 405 g/mol. The Hall–Kier alpha value is -2.20. The van der Waals surface area contributed by atoms with Gasteiger partial charge in [-0.3, -0.25) is 14.8 Å². The molecular formula is C24H31N5O. The van der Waals surface area contributed by atoms with Gasteiger partial charge in [-0.25, -0.2) is 0 Å². The summed E-state index contributed by atoms with van der Waals surface area (Å²) in [4.78, 5) is 12.1. The first kappa shape index (κ1) is 19.7. The Morgan fingerprint density at radius 3 is 2.80 bits per heavy atom. The smallest absolute Gasteiger partial charge is 0.101 e. The molecule has 3 atom stereocenters. The van der Waals surface area contributed by atoms with E-state index in [-0.39, 0.29) is 12.2 Å². The Balaban J connectivity index is 1.27. The number of hydrogen-bond donors (Lipinski definition) is 0. The van der Waals surface area contributed by atoms with Gasteiger partial charge in [0.1, 0.15) is 6.07 Å². The van der Waals surface area contributed by atoms with E-state index in [0.29, 0.717) is 5.56 Å². The van der Waals surface area contributed by atoms with Crippen molar-refractivity contribution in [3.63, 3.8) is 0 Å². The van der Waals surface area contributed by atoms with Crippen LogP contribution in [0.1, 0.15) is 32.3 Å². The number of fused-ring (bicyclic) bond motifs is 1. The predicted octanol–water partition coefficient (Wildman–Crippen LogP) is 2.87. The second-order valence-electron chi connectivity index (χ2n) is 9.22. The van der Waals surface area contributed by atoms with E-state index in [2.05, 4.69) is 51.7 Å². The average Bonchev–Trinajstić information content (AvgIpc) is 3.14. The van der Waals surface area contributed by atoms with E-state index < -0.39 is 0 Å². The molecule has 3 saturated heterocycles. The highest BCUT2D eigenvalue weighted by Crippen LogP contribution is 2.31. The van der Waals surface area contributed by atoms with Crippen LogP contribution < -0.4 is 4.90 Å². The van der Waals surface area contributed by atoms with E-state index in [1.54, 1.807) is 6.20 Å². The highest BCUT2D eigenvalue weighted by molar-refractivity contribution is 5.95.